The molecule has 1 fully saturated rings. The van der Waals surface area contributed by atoms with Gasteiger partial charge in [0.05, 0.1) is 0 Å². The van der Waals surface area contributed by atoms with Gasteiger partial charge in [-0.2, -0.15) is 17.9 Å². The molecule has 1 rings (SSSR count). The van der Waals surface area contributed by atoms with Crippen LogP contribution in [0.4, 0.5) is 13.2 Å². The van der Waals surface area contributed by atoms with Crippen LogP contribution in [0.25, 0.3) is 0 Å². The molecule has 1 unspecified atom stereocenters. The summed E-state index contributed by atoms with van der Waals surface area (Å²) in [5.74, 6) is -3.02. The first-order valence-electron chi connectivity index (χ1n) is 8.61. The van der Waals surface area contributed by atoms with Crippen molar-refractivity contribution in [1.29, 1.82) is 0 Å². The molecule has 0 radical (unpaired) electrons. The molecule has 1 saturated heterocycles. The van der Waals surface area contributed by atoms with Crippen molar-refractivity contribution in [2.45, 2.75) is 65.1 Å². The van der Waals surface area contributed by atoms with E-state index in [0.29, 0.717) is 6.42 Å². The Bertz CT molecular complexity index is 671. The Morgan fingerprint density at radius 3 is 2.07 bits per heavy atom. The topological polar surface area (TPSA) is 104 Å². The lowest BCUT2D eigenvalue weighted by Crippen LogP contribution is -2.59. The number of carboxylic acid groups (broad SMARTS) is 1. The number of nitrogens with one attached hydrogen (secondary N) is 1. The maximum Gasteiger partial charge on any atom is 0.511 e. The predicted octanol–water partition coefficient (Wildman–Crippen LogP) is 2.19. The highest BCUT2D eigenvalue weighted by Crippen LogP contribution is 2.37. The number of alkyl halides is 3. The van der Waals surface area contributed by atoms with Gasteiger partial charge in [-0.05, 0) is 30.1 Å². The van der Waals surface area contributed by atoms with E-state index in [0.717, 1.165) is 4.90 Å². The molecule has 0 saturated carbocycles. The van der Waals surface area contributed by atoms with Crippen molar-refractivity contribution in [3.8, 4) is 0 Å². The maximum absolute atomic E-state index is 12.8. The van der Waals surface area contributed by atoms with Crippen LogP contribution in [0.5, 0.6) is 0 Å². The van der Waals surface area contributed by atoms with Crippen molar-refractivity contribution in [3.05, 3.63) is 0 Å². The third-order valence-electron chi connectivity index (χ3n) is 4.91. The SMILES string of the molecule is CC(C)C(NS(=O)(=O)C(F)(F)F)C(=O)N1CC[C@@H](C(C)(C)C)C[C@H]1C(=O)O. The van der Waals surface area contributed by atoms with Crippen LogP contribution in [-0.4, -0.2) is 54.4 Å². The Morgan fingerprint density at radius 2 is 1.70 bits per heavy atom. The quantitative estimate of drug-likeness (QED) is 0.715. The number of carbonyl (C=O) groups is 2. The Labute approximate surface area is 157 Å². The summed E-state index contributed by atoms with van der Waals surface area (Å²) in [6.45, 7) is 8.65. The molecule has 1 aliphatic heterocycles. The number of aliphatic carboxylic acids is 1. The van der Waals surface area contributed by atoms with Crippen LogP contribution < -0.4 is 4.72 Å². The fourth-order valence-electron chi connectivity index (χ4n) is 3.13. The van der Waals surface area contributed by atoms with Crippen LogP contribution in [0.3, 0.4) is 0 Å². The molecule has 11 heteroatoms. The molecule has 0 aromatic rings. The summed E-state index contributed by atoms with van der Waals surface area (Å²) in [6.07, 6.45) is 0.636. The Balaban J connectivity index is 3.13. The molecule has 0 bridgehead atoms. The Hall–Kier alpha value is -1.36. The number of piperidine rings is 1. The van der Waals surface area contributed by atoms with E-state index in [1.165, 1.54) is 18.6 Å². The van der Waals surface area contributed by atoms with Crippen molar-refractivity contribution in [3.63, 3.8) is 0 Å². The molecular weight excluding hydrogens is 389 g/mol. The smallest absolute Gasteiger partial charge is 0.480 e. The van der Waals surface area contributed by atoms with Gasteiger partial charge in [-0.25, -0.2) is 13.2 Å². The molecule has 1 heterocycles. The van der Waals surface area contributed by atoms with Gasteiger partial charge in [0.25, 0.3) is 0 Å². The normalized spacial score (nSPS) is 23.4. The molecule has 0 spiro atoms. The fourth-order valence-corrected chi connectivity index (χ4v) is 3.98. The zero-order valence-corrected chi connectivity index (χ0v) is 16.8. The van der Waals surface area contributed by atoms with E-state index in [1.807, 2.05) is 20.8 Å². The summed E-state index contributed by atoms with van der Waals surface area (Å²) in [4.78, 5) is 25.4. The van der Waals surface area contributed by atoms with Gasteiger partial charge in [0, 0.05) is 6.54 Å². The van der Waals surface area contributed by atoms with Crippen molar-refractivity contribution < 1.29 is 36.3 Å². The number of carbonyl (C=O) groups excluding carboxylic acids is 1. The van der Waals surface area contributed by atoms with Gasteiger partial charge in [-0.3, -0.25) is 4.79 Å². The molecule has 2 N–H and O–H groups in total. The maximum atomic E-state index is 12.8. The number of carboxylic acids is 1. The monoisotopic (exact) mass is 416 g/mol. The number of hydrogen-bond donors (Lipinski definition) is 2. The first-order chi connectivity index (χ1) is 12.0. The molecule has 0 aromatic carbocycles. The van der Waals surface area contributed by atoms with E-state index in [2.05, 4.69) is 0 Å². The second-order valence-electron chi connectivity index (χ2n) is 8.26. The number of rotatable bonds is 5. The van der Waals surface area contributed by atoms with Crippen molar-refractivity contribution in [2.75, 3.05) is 6.54 Å². The summed E-state index contributed by atoms with van der Waals surface area (Å²) < 4.78 is 62.3. The fraction of sp³-hybridized carbons (Fsp3) is 0.875. The highest BCUT2D eigenvalue weighted by atomic mass is 32.2. The van der Waals surface area contributed by atoms with Gasteiger partial charge in [0.15, 0.2) is 0 Å². The molecule has 158 valence electrons. The number of sulfonamides is 1. The zero-order valence-electron chi connectivity index (χ0n) is 16.0. The van der Waals surface area contributed by atoms with Crippen LogP contribution in [0, 0.1) is 17.3 Å². The molecule has 1 amide bonds. The van der Waals surface area contributed by atoms with Crippen molar-refractivity contribution in [1.82, 2.24) is 9.62 Å². The summed E-state index contributed by atoms with van der Waals surface area (Å²) in [5, 5.41) is 9.51. The summed E-state index contributed by atoms with van der Waals surface area (Å²) >= 11 is 0. The largest absolute Gasteiger partial charge is 0.511 e. The lowest BCUT2D eigenvalue weighted by Gasteiger charge is -2.43. The van der Waals surface area contributed by atoms with Gasteiger partial charge in [-0.1, -0.05) is 34.6 Å². The van der Waals surface area contributed by atoms with Crippen LogP contribution in [-0.2, 0) is 19.6 Å². The number of likely N-dealkylation sites (tertiary alicyclic amines) is 1. The van der Waals surface area contributed by atoms with Gasteiger partial charge in [-0.15, -0.1) is 0 Å². The molecule has 1 aliphatic rings. The third-order valence-corrected chi connectivity index (χ3v) is 6.09. The first-order valence-corrected chi connectivity index (χ1v) is 10.1. The van der Waals surface area contributed by atoms with Crippen LogP contribution in [0.1, 0.15) is 47.5 Å². The average Bonchev–Trinajstić information content (AvgIpc) is 2.49. The summed E-state index contributed by atoms with van der Waals surface area (Å²) in [5.41, 5.74) is -5.76. The number of nitrogens with zero attached hydrogens (tertiary/aromatic N) is 1. The minimum absolute atomic E-state index is 0.00650. The second kappa shape index (κ2) is 7.94. The van der Waals surface area contributed by atoms with E-state index in [4.69, 9.17) is 0 Å². The minimum Gasteiger partial charge on any atom is -0.480 e. The Kier molecular flexibility index (Phi) is 6.96. The van der Waals surface area contributed by atoms with Crippen molar-refractivity contribution in [2.24, 2.45) is 17.3 Å². The average molecular weight is 416 g/mol. The van der Waals surface area contributed by atoms with Crippen LogP contribution in [0.2, 0.25) is 0 Å². The first kappa shape index (κ1) is 23.7. The van der Waals surface area contributed by atoms with E-state index in [1.54, 1.807) is 0 Å². The van der Waals surface area contributed by atoms with Gasteiger partial charge < -0.3 is 10.0 Å². The van der Waals surface area contributed by atoms with Gasteiger partial charge in [0.1, 0.15) is 12.1 Å². The molecule has 0 aromatic heterocycles. The minimum atomic E-state index is -5.74. The number of halogens is 3. The van der Waals surface area contributed by atoms with Gasteiger partial charge in [0.2, 0.25) is 5.91 Å². The number of hydrogen-bond acceptors (Lipinski definition) is 4. The third kappa shape index (κ3) is 5.56. The highest BCUT2D eigenvalue weighted by Gasteiger charge is 2.49. The Morgan fingerprint density at radius 1 is 1.19 bits per heavy atom. The zero-order chi connectivity index (χ0) is 21.4. The van der Waals surface area contributed by atoms with E-state index in [-0.39, 0.29) is 24.3 Å². The lowest BCUT2D eigenvalue weighted by atomic mass is 9.73. The molecular formula is C16H27F3N2O5S. The molecule has 7 nitrogen and oxygen atoms in total. The summed E-state index contributed by atoms with van der Waals surface area (Å²) in [6, 6.07) is -2.92. The molecule has 27 heavy (non-hydrogen) atoms. The van der Waals surface area contributed by atoms with E-state index < -0.39 is 45.4 Å². The van der Waals surface area contributed by atoms with Gasteiger partial charge >= 0.3 is 21.5 Å². The van der Waals surface area contributed by atoms with Crippen LogP contribution >= 0.6 is 0 Å². The van der Waals surface area contributed by atoms with Crippen molar-refractivity contribution >= 4 is 21.9 Å². The molecule has 3 atom stereocenters. The van der Waals surface area contributed by atoms with E-state index >= 15 is 0 Å². The molecule has 0 aliphatic carbocycles. The van der Waals surface area contributed by atoms with E-state index in [9.17, 15) is 36.3 Å². The van der Waals surface area contributed by atoms with Crippen LogP contribution in [0.15, 0.2) is 0 Å². The summed E-state index contributed by atoms with van der Waals surface area (Å²) in [7, 11) is -5.74. The highest BCUT2D eigenvalue weighted by molar-refractivity contribution is 7.90. The second-order valence-corrected chi connectivity index (χ2v) is 9.97. The lowest BCUT2D eigenvalue weighted by molar-refractivity contribution is -0.155. The predicted molar refractivity (Wildman–Crippen MR) is 92.1 cm³/mol. The standard InChI is InChI=1S/C16H27F3N2O5S/c1-9(2)12(20-27(25,26)16(17,18)19)13(22)21-7-6-10(15(3,4)5)8-11(21)14(23)24/h9-12,20H,6-8H2,1-5H3,(H,23,24)/t10-,11+,12?/m1/s1. The number of amides is 1.